The fourth-order valence-electron chi connectivity index (χ4n) is 3.80. The Kier molecular flexibility index (Phi) is 3.14. The molecule has 0 radical (unpaired) electrons. The Balaban J connectivity index is 2.04. The number of hydrogen-bond donors (Lipinski definition) is 1. The van der Waals surface area contributed by atoms with Crippen molar-refractivity contribution in [2.45, 2.75) is 45.6 Å². The molecule has 0 amide bonds. The molecular formula is C17H24N2. The highest BCUT2D eigenvalue weighted by Gasteiger charge is 2.25. The second-order valence-corrected chi connectivity index (χ2v) is 6.30. The van der Waals surface area contributed by atoms with Gasteiger partial charge >= 0.3 is 0 Å². The van der Waals surface area contributed by atoms with Gasteiger partial charge in [0.1, 0.15) is 0 Å². The molecule has 1 aliphatic rings. The summed E-state index contributed by atoms with van der Waals surface area (Å²) in [7, 11) is 2.16. The molecule has 2 nitrogen and oxygen atoms in total. The zero-order valence-corrected chi connectivity index (χ0v) is 12.2. The van der Waals surface area contributed by atoms with E-state index in [4.69, 9.17) is 5.73 Å². The van der Waals surface area contributed by atoms with Crippen molar-refractivity contribution in [2.24, 2.45) is 18.7 Å². The first-order valence-corrected chi connectivity index (χ1v) is 7.37. The van der Waals surface area contributed by atoms with Gasteiger partial charge in [-0.1, -0.05) is 18.1 Å². The minimum atomic E-state index is 0.404. The average Bonchev–Trinajstić information content (AvgIpc) is 2.85. The monoisotopic (exact) mass is 256 g/mol. The Morgan fingerprint density at radius 1 is 1.26 bits per heavy atom. The van der Waals surface area contributed by atoms with Gasteiger partial charge in [0.15, 0.2) is 0 Å². The fourth-order valence-corrected chi connectivity index (χ4v) is 3.80. The summed E-state index contributed by atoms with van der Waals surface area (Å²) >= 11 is 0. The van der Waals surface area contributed by atoms with E-state index in [1.54, 1.807) is 0 Å². The predicted octanol–water partition coefficient (Wildman–Crippen LogP) is 3.47. The first-order valence-electron chi connectivity index (χ1n) is 7.37. The van der Waals surface area contributed by atoms with Gasteiger partial charge in [-0.15, -0.1) is 0 Å². The molecule has 1 aliphatic carbocycles. The molecule has 2 N–H and O–H groups in total. The summed E-state index contributed by atoms with van der Waals surface area (Å²) in [5.41, 5.74) is 11.8. The number of nitrogens with zero attached hydrogens (tertiary/aromatic N) is 1. The lowest BCUT2D eigenvalue weighted by atomic mass is 9.94. The lowest BCUT2D eigenvalue weighted by molar-refractivity contribution is 0.480. The van der Waals surface area contributed by atoms with Gasteiger partial charge in [0, 0.05) is 24.7 Å². The van der Waals surface area contributed by atoms with Crippen LogP contribution in [0, 0.1) is 19.8 Å². The van der Waals surface area contributed by atoms with Crippen molar-refractivity contribution in [3.8, 4) is 0 Å². The molecule has 3 rings (SSSR count). The number of rotatable bonds is 2. The molecule has 2 aromatic rings. The highest BCUT2D eigenvalue weighted by atomic mass is 14.9. The summed E-state index contributed by atoms with van der Waals surface area (Å²) in [6.45, 7) is 4.39. The number of nitrogens with two attached hydrogens (primary N) is 1. The summed E-state index contributed by atoms with van der Waals surface area (Å²) in [5.74, 6) is 0.673. The average molecular weight is 256 g/mol. The van der Waals surface area contributed by atoms with Crippen LogP contribution in [0.3, 0.4) is 0 Å². The van der Waals surface area contributed by atoms with Gasteiger partial charge in [-0.3, -0.25) is 0 Å². The fraction of sp³-hybridized carbons (Fsp3) is 0.529. The van der Waals surface area contributed by atoms with Crippen LogP contribution in [0.25, 0.3) is 10.9 Å². The van der Waals surface area contributed by atoms with E-state index in [1.807, 2.05) is 0 Å². The van der Waals surface area contributed by atoms with Crippen molar-refractivity contribution in [3.05, 3.63) is 35.0 Å². The Morgan fingerprint density at radius 2 is 2.05 bits per heavy atom. The number of fused-ring (bicyclic) bond motifs is 1. The van der Waals surface area contributed by atoms with Crippen LogP contribution in [-0.2, 0) is 13.5 Å². The third-order valence-electron chi connectivity index (χ3n) is 4.69. The Morgan fingerprint density at radius 3 is 2.74 bits per heavy atom. The van der Waals surface area contributed by atoms with Crippen molar-refractivity contribution in [2.75, 3.05) is 0 Å². The largest absolute Gasteiger partial charge is 0.350 e. The Bertz CT molecular complexity index is 609. The number of aryl methyl sites for hydroxylation is 3. The normalized spacial score (nSPS) is 23.4. The van der Waals surface area contributed by atoms with E-state index in [1.165, 1.54) is 46.9 Å². The molecule has 0 spiro atoms. The van der Waals surface area contributed by atoms with Crippen LogP contribution >= 0.6 is 0 Å². The first kappa shape index (κ1) is 12.7. The van der Waals surface area contributed by atoms with E-state index in [0.717, 1.165) is 6.42 Å². The van der Waals surface area contributed by atoms with Crippen LogP contribution in [0.5, 0.6) is 0 Å². The summed E-state index contributed by atoms with van der Waals surface area (Å²) in [5, 5.41) is 1.43. The van der Waals surface area contributed by atoms with Gasteiger partial charge in [-0.25, -0.2) is 0 Å². The van der Waals surface area contributed by atoms with Crippen LogP contribution in [0.1, 0.15) is 36.0 Å². The van der Waals surface area contributed by atoms with E-state index in [-0.39, 0.29) is 0 Å². The highest BCUT2D eigenvalue weighted by Crippen LogP contribution is 2.32. The number of hydrogen-bond acceptors (Lipinski definition) is 1. The molecule has 1 aromatic carbocycles. The van der Waals surface area contributed by atoms with Crippen molar-refractivity contribution < 1.29 is 0 Å². The summed E-state index contributed by atoms with van der Waals surface area (Å²) in [4.78, 5) is 0. The summed E-state index contributed by atoms with van der Waals surface area (Å²) in [6.07, 6.45) is 7.24. The third kappa shape index (κ3) is 2.18. The molecule has 1 heterocycles. The van der Waals surface area contributed by atoms with Gasteiger partial charge in [-0.2, -0.15) is 0 Å². The minimum absolute atomic E-state index is 0.404. The van der Waals surface area contributed by atoms with Crippen LogP contribution in [0.15, 0.2) is 18.3 Å². The van der Waals surface area contributed by atoms with Gasteiger partial charge in [0.25, 0.3) is 0 Å². The van der Waals surface area contributed by atoms with Crippen molar-refractivity contribution in [1.29, 1.82) is 0 Å². The number of benzene rings is 1. The third-order valence-corrected chi connectivity index (χ3v) is 4.69. The standard InChI is InChI=1S/C17H24N2/c1-11-7-12(2)17-15(8-11)14(10-19(17)3)9-13-5-4-6-16(13)18/h7-8,10,13,16H,4-6,9,18H2,1-3H3. The molecule has 1 fully saturated rings. The molecule has 0 saturated heterocycles. The molecule has 0 bridgehead atoms. The zero-order chi connectivity index (χ0) is 13.6. The van der Waals surface area contributed by atoms with Crippen molar-refractivity contribution in [3.63, 3.8) is 0 Å². The summed E-state index contributed by atoms with van der Waals surface area (Å²) < 4.78 is 2.28. The minimum Gasteiger partial charge on any atom is -0.350 e. The quantitative estimate of drug-likeness (QED) is 0.876. The second kappa shape index (κ2) is 4.68. The molecule has 1 saturated carbocycles. The molecule has 0 aliphatic heterocycles. The lowest BCUT2D eigenvalue weighted by Gasteiger charge is -2.14. The Labute approximate surface area is 115 Å². The highest BCUT2D eigenvalue weighted by molar-refractivity contribution is 5.87. The molecule has 2 heteroatoms. The van der Waals surface area contributed by atoms with Crippen LogP contribution < -0.4 is 5.73 Å². The van der Waals surface area contributed by atoms with E-state index in [9.17, 15) is 0 Å². The van der Waals surface area contributed by atoms with E-state index in [0.29, 0.717) is 12.0 Å². The maximum Gasteiger partial charge on any atom is 0.0510 e. The van der Waals surface area contributed by atoms with Gasteiger partial charge in [-0.05, 0) is 56.2 Å². The van der Waals surface area contributed by atoms with Gasteiger partial charge < -0.3 is 10.3 Å². The van der Waals surface area contributed by atoms with Gasteiger partial charge in [0.2, 0.25) is 0 Å². The molecule has 102 valence electrons. The van der Waals surface area contributed by atoms with Crippen LogP contribution in [0.2, 0.25) is 0 Å². The van der Waals surface area contributed by atoms with E-state index >= 15 is 0 Å². The van der Waals surface area contributed by atoms with Crippen molar-refractivity contribution >= 4 is 10.9 Å². The first-order chi connectivity index (χ1) is 9.06. The zero-order valence-electron chi connectivity index (χ0n) is 12.2. The van der Waals surface area contributed by atoms with Gasteiger partial charge in [0.05, 0.1) is 5.52 Å². The second-order valence-electron chi connectivity index (χ2n) is 6.30. The smallest absolute Gasteiger partial charge is 0.0510 e. The molecule has 2 unspecified atom stereocenters. The number of aromatic nitrogens is 1. The van der Waals surface area contributed by atoms with Crippen molar-refractivity contribution in [1.82, 2.24) is 4.57 Å². The maximum absolute atomic E-state index is 6.23. The van der Waals surface area contributed by atoms with E-state index < -0.39 is 0 Å². The van der Waals surface area contributed by atoms with Crippen LogP contribution in [0.4, 0.5) is 0 Å². The molecule has 1 aromatic heterocycles. The Hall–Kier alpha value is -1.28. The predicted molar refractivity (Wildman–Crippen MR) is 81.4 cm³/mol. The maximum atomic E-state index is 6.23. The molecular weight excluding hydrogens is 232 g/mol. The van der Waals surface area contributed by atoms with E-state index in [2.05, 4.69) is 43.8 Å². The topological polar surface area (TPSA) is 30.9 Å². The SMILES string of the molecule is Cc1cc(C)c2c(c1)c(CC1CCCC1N)cn2C. The lowest BCUT2D eigenvalue weighted by Crippen LogP contribution is -2.25. The molecule has 19 heavy (non-hydrogen) atoms. The van der Waals surface area contributed by atoms with Crippen LogP contribution in [-0.4, -0.2) is 10.6 Å². The molecule has 2 atom stereocenters. The summed E-state index contributed by atoms with van der Waals surface area (Å²) in [6, 6.07) is 5.01.